The lowest BCUT2D eigenvalue weighted by atomic mass is 9.54. The normalized spacial score (nSPS) is 29.5. The van der Waals surface area contributed by atoms with Gasteiger partial charge in [-0.2, -0.15) is 0 Å². The Hall–Kier alpha value is -2.13. The summed E-state index contributed by atoms with van der Waals surface area (Å²) < 4.78 is 0. The van der Waals surface area contributed by atoms with Gasteiger partial charge in [-0.3, -0.25) is 9.69 Å². The Bertz CT molecular complexity index is 922. The molecule has 3 heteroatoms. The van der Waals surface area contributed by atoms with Gasteiger partial charge in [-0.05, 0) is 104 Å². The summed E-state index contributed by atoms with van der Waals surface area (Å²) in [4.78, 5) is 14.3. The summed E-state index contributed by atoms with van der Waals surface area (Å²) >= 11 is 0. The first-order valence-electron chi connectivity index (χ1n) is 11.8. The highest BCUT2D eigenvalue weighted by Crippen LogP contribution is 2.55. The molecule has 0 saturated heterocycles. The minimum absolute atomic E-state index is 0.375. The van der Waals surface area contributed by atoms with Crippen LogP contribution in [-0.4, -0.2) is 23.4 Å². The SMILES string of the molecule is CCN(Cc1ccc(-c2cccc(C(N)=O)c2)c(C)c1)C1C2CC3CC(C2)CC1C3. The molecule has 4 aliphatic carbocycles. The van der Waals surface area contributed by atoms with E-state index in [-0.39, 0.29) is 5.91 Å². The molecule has 0 heterocycles. The van der Waals surface area contributed by atoms with E-state index in [0.717, 1.165) is 48.4 Å². The maximum Gasteiger partial charge on any atom is 0.248 e. The van der Waals surface area contributed by atoms with Gasteiger partial charge in [-0.15, -0.1) is 0 Å². The minimum Gasteiger partial charge on any atom is -0.366 e. The fourth-order valence-electron chi connectivity index (χ4n) is 7.14. The Labute approximate surface area is 180 Å². The van der Waals surface area contributed by atoms with Crippen molar-refractivity contribution in [2.24, 2.45) is 29.4 Å². The largest absolute Gasteiger partial charge is 0.366 e. The highest BCUT2D eigenvalue weighted by Gasteiger charge is 2.49. The molecule has 4 aliphatic rings. The monoisotopic (exact) mass is 402 g/mol. The lowest BCUT2D eigenvalue weighted by Crippen LogP contribution is -2.55. The number of hydrogen-bond acceptors (Lipinski definition) is 2. The van der Waals surface area contributed by atoms with Gasteiger partial charge < -0.3 is 5.73 Å². The molecule has 4 bridgehead atoms. The molecule has 2 aromatic rings. The van der Waals surface area contributed by atoms with Crippen LogP contribution in [0.15, 0.2) is 42.5 Å². The summed E-state index contributed by atoms with van der Waals surface area (Å²) in [6.07, 6.45) is 7.42. The summed E-state index contributed by atoms with van der Waals surface area (Å²) in [6.45, 7) is 6.69. The Balaban J connectivity index is 1.35. The lowest BCUT2D eigenvalue weighted by Gasteiger charge is -2.57. The number of nitrogens with two attached hydrogens (primary N) is 1. The Kier molecular flexibility index (Phi) is 5.18. The molecule has 30 heavy (non-hydrogen) atoms. The van der Waals surface area contributed by atoms with Crippen LogP contribution in [0, 0.1) is 30.6 Å². The first kappa shape index (κ1) is 19.8. The molecule has 0 aliphatic heterocycles. The average Bonchev–Trinajstić information content (AvgIpc) is 2.72. The van der Waals surface area contributed by atoms with Gasteiger partial charge in [-0.25, -0.2) is 0 Å². The molecule has 0 unspecified atom stereocenters. The number of nitrogens with zero attached hydrogens (tertiary/aromatic N) is 1. The molecule has 6 rings (SSSR count). The van der Waals surface area contributed by atoms with Gasteiger partial charge in [0.25, 0.3) is 0 Å². The molecule has 0 spiro atoms. The molecule has 0 aromatic heterocycles. The maximum absolute atomic E-state index is 11.6. The van der Waals surface area contributed by atoms with Crippen LogP contribution in [0.1, 0.15) is 60.5 Å². The second-order valence-corrected chi connectivity index (χ2v) is 10.1. The highest BCUT2D eigenvalue weighted by molar-refractivity contribution is 5.94. The molecule has 0 atom stereocenters. The molecule has 2 N–H and O–H groups in total. The van der Waals surface area contributed by atoms with Gasteiger partial charge >= 0.3 is 0 Å². The van der Waals surface area contributed by atoms with E-state index in [1.165, 1.54) is 48.8 Å². The third-order valence-electron chi connectivity index (χ3n) is 8.14. The number of carbonyl (C=O) groups excluding carboxylic acids is 1. The minimum atomic E-state index is -0.375. The summed E-state index contributed by atoms with van der Waals surface area (Å²) in [5.41, 5.74) is 10.9. The van der Waals surface area contributed by atoms with E-state index in [0.29, 0.717) is 5.56 Å². The van der Waals surface area contributed by atoms with Crippen molar-refractivity contribution in [2.75, 3.05) is 6.54 Å². The van der Waals surface area contributed by atoms with Crippen LogP contribution in [0.2, 0.25) is 0 Å². The third-order valence-corrected chi connectivity index (χ3v) is 8.14. The topological polar surface area (TPSA) is 46.3 Å². The van der Waals surface area contributed by atoms with Crippen LogP contribution >= 0.6 is 0 Å². The average molecular weight is 403 g/mol. The predicted octanol–water partition coefficient (Wildman–Crippen LogP) is 5.41. The quantitative estimate of drug-likeness (QED) is 0.702. The molecule has 4 fully saturated rings. The van der Waals surface area contributed by atoms with Crippen LogP contribution in [-0.2, 0) is 6.54 Å². The van der Waals surface area contributed by atoms with Crippen LogP contribution in [0.3, 0.4) is 0 Å². The van der Waals surface area contributed by atoms with Crippen molar-refractivity contribution in [1.82, 2.24) is 4.90 Å². The number of carbonyl (C=O) groups is 1. The van der Waals surface area contributed by atoms with Crippen molar-refractivity contribution >= 4 is 5.91 Å². The van der Waals surface area contributed by atoms with Crippen molar-refractivity contribution in [3.63, 3.8) is 0 Å². The number of amides is 1. The second kappa shape index (κ2) is 7.85. The first-order valence-corrected chi connectivity index (χ1v) is 11.8. The third kappa shape index (κ3) is 3.58. The Morgan fingerprint density at radius 1 is 1.00 bits per heavy atom. The molecule has 3 nitrogen and oxygen atoms in total. The number of aryl methyl sites for hydroxylation is 1. The van der Waals surface area contributed by atoms with E-state index in [1.807, 2.05) is 12.1 Å². The molecular formula is C27H34N2O. The van der Waals surface area contributed by atoms with E-state index in [2.05, 4.69) is 43.0 Å². The summed E-state index contributed by atoms with van der Waals surface area (Å²) in [5.74, 6) is 3.54. The van der Waals surface area contributed by atoms with Gasteiger partial charge in [0.1, 0.15) is 0 Å². The fourth-order valence-corrected chi connectivity index (χ4v) is 7.14. The fraction of sp³-hybridized carbons (Fsp3) is 0.519. The van der Waals surface area contributed by atoms with Crippen molar-refractivity contribution in [3.05, 3.63) is 59.2 Å². The summed E-state index contributed by atoms with van der Waals surface area (Å²) in [7, 11) is 0. The lowest BCUT2D eigenvalue weighted by molar-refractivity contribution is -0.0666. The van der Waals surface area contributed by atoms with E-state index in [1.54, 1.807) is 6.07 Å². The number of hydrogen-bond donors (Lipinski definition) is 1. The maximum atomic E-state index is 11.6. The second-order valence-electron chi connectivity index (χ2n) is 10.1. The smallest absolute Gasteiger partial charge is 0.248 e. The van der Waals surface area contributed by atoms with E-state index >= 15 is 0 Å². The first-order chi connectivity index (χ1) is 14.5. The van der Waals surface area contributed by atoms with E-state index in [9.17, 15) is 4.79 Å². The zero-order valence-corrected chi connectivity index (χ0v) is 18.3. The molecule has 1 amide bonds. The van der Waals surface area contributed by atoms with Crippen molar-refractivity contribution < 1.29 is 4.79 Å². The van der Waals surface area contributed by atoms with Crippen LogP contribution < -0.4 is 5.73 Å². The summed E-state index contributed by atoms with van der Waals surface area (Å²) in [6, 6.07) is 15.3. The van der Waals surface area contributed by atoms with E-state index < -0.39 is 0 Å². The highest BCUT2D eigenvalue weighted by atomic mass is 16.1. The van der Waals surface area contributed by atoms with Crippen molar-refractivity contribution in [3.8, 4) is 11.1 Å². The zero-order valence-electron chi connectivity index (χ0n) is 18.3. The number of primary amides is 1. The van der Waals surface area contributed by atoms with Gasteiger partial charge in [0.15, 0.2) is 0 Å². The number of benzene rings is 2. The molecule has 158 valence electrons. The van der Waals surface area contributed by atoms with Crippen molar-refractivity contribution in [2.45, 2.75) is 58.5 Å². The number of rotatable bonds is 6. The van der Waals surface area contributed by atoms with Crippen LogP contribution in [0.25, 0.3) is 11.1 Å². The Morgan fingerprint density at radius 3 is 2.30 bits per heavy atom. The molecule has 0 radical (unpaired) electrons. The van der Waals surface area contributed by atoms with Gasteiger partial charge in [-0.1, -0.05) is 37.3 Å². The van der Waals surface area contributed by atoms with Crippen molar-refractivity contribution in [1.29, 1.82) is 0 Å². The van der Waals surface area contributed by atoms with Gasteiger partial charge in [0.2, 0.25) is 5.91 Å². The zero-order chi connectivity index (χ0) is 20.8. The summed E-state index contributed by atoms with van der Waals surface area (Å²) in [5, 5.41) is 0. The molecule has 4 saturated carbocycles. The molecule has 2 aromatic carbocycles. The molecular weight excluding hydrogens is 368 g/mol. The predicted molar refractivity (Wildman–Crippen MR) is 122 cm³/mol. The van der Waals surface area contributed by atoms with Crippen LogP contribution in [0.4, 0.5) is 0 Å². The standard InChI is InChI=1S/C27H34N2O/c1-3-29(26-23-11-19-10-20(13-23)14-24(26)12-19)16-18-7-8-25(17(2)9-18)21-5-4-6-22(15-21)27(28)30/h4-9,15,19-20,23-24,26H,3,10-14,16H2,1-2H3,(H2,28,30). The van der Waals surface area contributed by atoms with E-state index in [4.69, 9.17) is 5.73 Å². The Morgan fingerprint density at radius 2 is 1.70 bits per heavy atom. The van der Waals surface area contributed by atoms with Gasteiger partial charge in [0, 0.05) is 18.2 Å². The van der Waals surface area contributed by atoms with Crippen LogP contribution in [0.5, 0.6) is 0 Å². The van der Waals surface area contributed by atoms with Gasteiger partial charge in [0.05, 0.1) is 0 Å².